The lowest BCUT2D eigenvalue weighted by Gasteiger charge is -2.54. The highest BCUT2D eigenvalue weighted by atomic mass is 17.4. The molecule has 2 fully saturated rings. The fraction of sp³-hybridized carbons (Fsp3) is 0.533. The monoisotopic (exact) mass is 354 g/mol. The highest BCUT2D eigenvalue weighted by molar-refractivity contribution is 5.86. The molecule has 0 aromatic heterocycles. The largest absolute Gasteiger partial charge is 0.481 e. The van der Waals surface area contributed by atoms with Crippen LogP contribution in [0.4, 0.5) is 0 Å². The van der Waals surface area contributed by atoms with Gasteiger partial charge in [-0.25, -0.2) is 29.1 Å². The number of carbonyl (C=O) groups is 3. The van der Waals surface area contributed by atoms with E-state index in [0.717, 1.165) is 0 Å². The molecule has 0 spiro atoms. The molecule has 0 amide bonds. The standard InChI is InChI=1S/C15H14O10/c16-11(17)9-5-3-7-14-13(19)22-21-12(18)8-4-1-2-6-10(8)20-24-15(9,14)25-23-14/h1-3,5,8-10H,4,6-7H2,(H,16,17). The van der Waals surface area contributed by atoms with Crippen LogP contribution in [0.25, 0.3) is 0 Å². The fourth-order valence-corrected chi connectivity index (χ4v) is 3.32. The average Bonchev–Trinajstić information content (AvgIpc) is 2.59. The van der Waals surface area contributed by atoms with Gasteiger partial charge in [0.2, 0.25) is 0 Å². The minimum atomic E-state index is -2.08. The molecule has 2 heterocycles. The molecule has 1 N–H and O–H groups in total. The molecule has 0 bridgehead atoms. The van der Waals surface area contributed by atoms with Crippen LogP contribution in [-0.2, 0) is 43.7 Å². The smallest absolute Gasteiger partial charge is 0.396 e. The Bertz CT molecular complexity index is 684. The third-order valence-electron chi connectivity index (χ3n) is 4.78. The van der Waals surface area contributed by atoms with Gasteiger partial charge in [-0.2, -0.15) is 9.78 Å². The van der Waals surface area contributed by atoms with Crippen molar-refractivity contribution in [3.63, 3.8) is 0 Å². The number of carboxylic acids is 1. The molecule has 134 valence electrons. The lowest BCUT2D eigenvalue weighted by atomic mass is 9.75. The van der Waals surface area contributed by atoms with E-state index in [-0.39, 0.29) is 6.42 Å². The van der Waals surface area contributed by atoms with E-state index in [1.165, 1.54) is 12.2 Å². The van der Waals surface area contributed by atoms with Gasteiger partial charge in [0.25, 0.3) is 11.4 Å². The van der Waals surface area contributed by atoms with Crippen molar-refractivity contribution in [2.45, 2.75) is 36.8 Å². The van der Waals surface area contributed by atoms with Crippen LogP contribution in [0.3, 0.4) is 0 Å². The lowest BCUT2D eigenvalue weighted by molar-refractivity contribution is -0.657. The summed E-state index contributed by atoms with van der Waals surface area (Å²) >= 11 is 0. The summed E-state index contributed by atoms with van der Waals surface area (Å²) in [4.78, 5) is 66.0. The number of carbonyl (C=O) groups excluding carboxylic acids is 2. The Kier molecular flexibility index (Phi) is 3.65. The number of fused-ring (bicyclic) bond motifs is 1. The maximum Gasteiger partial charge on any atom is 0.396 e. The van der Waals surface area contributed by atoms with Gasteiger partial charge in [-0.1, -0.05) is 24.3 Å². The number of rotatable bonds is 1. The predicted molar refractivity (Wildman–Crippen MR) is 72.5 cm³/mol. The summed E-state index contributed by atoms with van der Waals surface area (Å²) in [6.07, 6.45) is 6.03. The van der Waals surface area contributed by atoms with E-state index in [4.69, 9.17) is 19.6 Å². The van der Waals surface area contributed by atoms with E-state index >= 15 is 0 Å². The highest BCUT2D eigenvalue weighted by Gasteiger charge is 2.78. The zero-order chi connectivity index (χ0) is 17.7. The molecule has 0 saturated carbocycles. The number of carboxylic acid groups (broad SMARTS) is 1. The second kappa shape index (κ2) is 5.63. The Morgan fingerprint density at radius 2 is 1.88 bits per heavy atom. The maximum atomic E-state index is 12.4. The summed E-state index contributed by atoms with van der Waals surface area (Å²) in [6.45, 7) is 0. The summed E-state index contributed by atoms with van der Waals surface area (Å²) in [6, 6.07) is 0. The zero-order valence-corrected chi connectivity index (χ0v) is 12.8. The Labute approximate surface area is 140 Å². The van der Waals surface area contributed by atoms with Crippen molar-refractivity contribution in [3.8, 4) is 0 Å². The van der Waals surface area contributed by atoms with Crippen LogP contribution >= 0.6 is 0 Å². The molecule has 10 heteroatoms. The van der Waals surface area contributed by atoms with Gasteiger partial charge in [-0.05, 0) is 12.8 Å². The van der Waals surface area contributed by atoms with Crippen LogP contribution in [0.15, 0.2) is 24.3 Å². The first-order chi connectivity index (χ1) is 12.0. The molecule has 2 aliphatic heterocycles. The molecule has 2 aliphatic carbocycles. The predicted octanol–water partition coefficient (Wildman–Crippen LogP) is 0.342. The average molecular weight is 354 g/mol. The second-order valence-electron chi connectivity index (χ2n) is 6.15. The van der Waals surface area contributed by atoms with Gasteiger partial charge in [-0.15, -0.1) is 0 Å². The van der Waals surface area contributed by atoms with Crippen molar-refractivity contribution in [3.05, 3.63) is 24.3 Å². The number of allylic oxidation sites excluding steroid dienone is 1. The maximum absolute atomic E-state index is 12.4. The van der Waals surface area contributed by atoms with Gasteiger partial charge in [0, 0.05) is 6.42 Å². The van der Waals surface area contributed by atoms with E-state index in [1.807, 2.05) is 0 Å². The van der Waals surface area contributed by atoms with Crippen LogP contribution in [-0.4, -0.2) is 40.5 Å². The first-order valence-corrected chi connectivity index (χ1v) is 7.69. The molecule has 4 rings (SSSR count). The summed E-state index contributed by atoms with van der Waals surface area (Å²) in [5, 5.41) is 9.47. The van der Waals surface area contributed by atoms with Crippen molar-refractivity contribution in [1.29, 1.82) is 0 Å². The normalized spacial score (nSPS) is 42.8. The van der Waals surface area contributed by atoms with Gasteiger partial charge in [0.1, 0.15) is 12.0 Å². The van der Waals surface area contributed by atoms with Gasteiger partial charge in [0.15, 0.2) is 0 Å². The third-order valence-corrected chi connectivity index (χ3v) is 4.78. The fourth-order valence-electron chi connectivity index (χ4n) is 3.32. The molecule has 5 atom stereocenters. The first-order valence-electron chi connectivity index (χ1n) is 7.69. The zero-order valence-electron chi connectivity index (χ0n) is 12.8. The quantitative estimate of drug-likeness (QED) is 0.520. The van der Waals surface area contributed by atoms with Crippen molar-refractivity contribution < 1.29 is 48.8 Å². The van der Waals surface area contributed by atoms with Crippen molar-refractivity contribution in [1.82, 2.24) is 0 Å². The number of hydrogen-bond acceptors (Lipinski definition) is 9. The SMILES string of the molecule is O=C1OOC(=O)C23CC=CC(C(=O)O)C2(OOC2CC=CCC12)OO3. The molecule has 4 aliphatic rings. The molecule has 2 saturated heterocycles. The summed E-state index contributed by atoms with van der Waals surface area (Å²) in [5.74, 6) is -7.50. The molecular weight excluding hydrogens is 340 g/mol. The number of aliphatic carboxylic acids is 1. The van der Waals surface area contributed by atoms with E-state index in [9.17, 15) is 19.5 Å². The Morgan fingerprint density at radius 3 is 2.60 bits per heavy atom. The molecule has 0 aromatic rings. The molecule has 25 heavy (non-hydrogen) atoms. The van der Waals surface area contributed by atoms with E-state index in [2.05, 4.69) is 9.78 Å². The van der Waals surface area contributed by atoms with Crippen molar-refractivity contribution >= 4 is 17.9 Å². The first kappa shape index (κ1) is 16.2. The third kappa shape index (κ3) is 2.15. The van der Waals surface area contributed by atoms with Gasteiger partial charge < -0.3 is 5.11 Å². The second-order valence-corrected chi connectivity index (χ2v) is 6.15. The summed E-state index contributed by atoms with van der Waals surface area (Å²) in [5.41, 5.74) is -1.96. The van der Waals surface area contributed by atoms with Gasteiger partial charge >= 0.3 is 17.9 Å². The molecule has 0 radical (unpaired) electrons. The van der Waals surface area contributed by atoms with Crippen LogP contribution in [0.5, 0.6) is 0 Å². The minimum absolute atomic E-state index is 0.107. The van der Waals surface area contributed by atoms with Crippen LogP contribution in [0.2, 0.25) is 0 Å². The Balaban J connectivity index is 1.72. The summed E-state index contributed by atoms with van der Waals surface area (Å²) < 4.78 is 0. The Hall–Kier alpha value is -2.27. The van der Waals surface area contributed by atoms with E-state index in [0.29, 0.717) is 12.8 Å². The van der Waals surface area contributed by atoms with E-state index in [1.54, 1.807) is 12.2 Å². The van der Waals surface area contributed by atoms with Crippen molar-refractivity contribution in [2.24, 2.45) is 11.8 Å². The van der Waals surface area contributed by atoms with E-state index < -0.39 is 47.2 Å². The highest BCUT2D eigenvalue weighted by Crippen LogP contribution is 2.53. The van der Waals surface area contributed by atoms with Crippen LogP contribution < -0.4 is 0 Å². The minimum Gasteiger partial charge on any atom is -0.481 e. The van der Waals surface area contributed by atoms with Gasteiger partial charge in [0.05, 0.1) is 5.92 Å². The molecular formula is C15H14O10. The van der Waals surface area contributed by atoms with Crippen LogP contribution in [0, 0.1) is 11.8 Å². The molecule has 10 nitrogen and oxygen atoms in total. The van der Waals surface area contributed by atoms with Crippen molar-refractivity contribution in [2.75, 3.05) is 0 Å². The lowest BCUT2D eigenvalue weighted by Crippen LogP contribution is -2.77. The summed E-state index contributed by atoms with van der Waals surface area (Å²) in [7, 11) is 0. The number of hydrogen-bond donors (Lipinski definition) is 1. The van der Waals surface area contributed by atoms with Gasteiger partial charge in [-0.3, -0.25) is 4.79 Å². The Morgan fingerprint density at radius 1 is 1.08 bits per heavy atom. The molecule has 5 unspecified atom stereocenters. The van der Waals surface area contributed by atoms with Crippen LogP contribution in [0.1, 0.15) is 19.3 Å². The molecule has 0 aromatic carbocycles. The topological polar surface area (TPSA) is 127 Å².